The van der Waals surface area contributed by atoms with Crippen LogP contribution in [0.1, 0.15) is 18.4 Å². The zero-order valence-corrected chi connectivity index (χ0v) is 13.3. The number of hydrogen-bond acceptors (Lipinski definition) is 7. The zero-order valence-electron chi connectivity index (χ0n) is 13.3. The lowest BCUT2D eigenvalue weighted by Crippen LogP contribution is -2.32. The third-order valence-electron chi connectivity index (χ3n) is 4.47. The minimum atomic E-state index is 0.149. The van der Waals surface area contributed by atoms with Crippen molar-refractivity contribution in [2.24, 2.45) is 0 Å². The molecule has 1 aromatic carbocycles. The highest BCUT2D eigenvalue weighted by Gasteiger charge is 2.25. The van der Waals surface area contributed by atoms with Gasteiger partial charge in [-0.2, -0.15) is 0 Å². The van der Waals surface area contributed by atoms with Gasteiger partial charge in [0.15, 0.2) is 11.5 Å². The number of aliphatic hydroxyl groups excluding tert-OH is 1. The molecule has 1 aromatic heterocycles. The molecule has 126 valence electrons. The number of benzene rings is 1. The van der Waals surface area contributed by atoms with E-state index in [0.717, 1.165) is 48.1 Å². The number of nitrogens with one attached hydrogen (secondary N) is 1. The maximum absolute atomic E-state index is 9.48. The van der Waals surface area contributed by atoms with Crippen LogP contribution in [0.3, 0.4) is 0 Å². The number of nitrogens with zero attached hydrogens (tertiary/aromatic N) is 3. The lowest BCUT2D eigenvalue weighted by Gasteiger charge is -2.24. The monoisotopic (exact) mass is 328 g/mol. The van der Waals surface area contributed by atoms with E-state index in [1.807, 2.05) is 24.3 Å². The van der Waals surface area contributed by atoms with Crippen molar-refractivity contribution in [2.45, 2.75) is 25.4 Å². The van der Waals surface area contributed by atoms with E-state index >= 15 is 0 Å². The van der Waals surface area contributed by atoms with Gasteiger partial charge in [0.2, 0.25) is 6.79 Å². The van der Waals surface area contributed by atoms with Crippen LogP contribution < -0.4 is 19.7 Å². The molecule has 4 rings (SSSR count). The van der Waals surface area contributed by atoms with Crippen LogP contribution in [0.4, 0.5) is 11.6 Å². The molecule has 7 nitrogen and oxygen atoms in total. The van der Waals surface area contributed by atoms with Gasteiger partial charge in [-0.15, -0.1) is 0 Å². The van der Waals surface area contributed by atoms with E-state index in [-0.39, 0.29) is 19.4 Å². The molecule has 0 radical (unpaired) electrons. The number of fused-ring (bicyclic) bond motifs is 1. The van der Waals surface area contributed by atoms with E-state index in [9.17, 15) is 5.11 Å². The van der Waals surface area contributed by atoms with E-state index in [4.69, 9.17) is 9.47 Å². The first kappa shape index (κ1) is 15.0. The summed E-state index contributed by atoms with van der Waals surface area (Å²) in [6, 6.07) is 7.93. The van der Waals surface area contributed by atoms with Gasteiger partial charge in [-0.05, 0) is 18.9 Å². The van der Waals surface area contributed by atoms with Crippen LogP contribution in [-0.2, 0) is 6.54 Å². The van der Waals surface area contributed by atoms with Crippen molar-refractivity contribution in [1.29, 1.82) is 0 Å². The molecular weight excluding hydrogens is 308 g/mol. The third-order valence-corrected chi connectivity index (χ3v) is 4.47. The molecular formula is C17H20N4O3. The molecule has 1 atom stereocenters. The first-order chi connectivity index (χ1) is 11.8. The van der Waals surface area contributed by atoms with E-state index in [2.05, 4.69) is 20.2 Å². The summed E-state index contributed by atoms with van der Waals surface area (Å²) in [6.07, 6.45) is 3.63. The normalized spacial score (nSPS) is 18.9. The lowest BCUT2D eigenvalue weighted by atomic mass is 10.2. The van der Waals surface area contributed by atoms with E-state index in [1.165, 1.54) is 0 Å². The quantitative estimate of drug-likeness (QED) is 0.866. The van der Waals surface area contributed by atoms with Gasteiger partial charge in [0.1, 0.15) is 18.0 Å². The van der Waals surface area contributed by atoms with Crippen molar-refractivity contribution in [3.8, 4) is 11.5 Å². The summed E-state index contributed by atoms with van der Waals surface area (Å²) in [7, 11) is 0. The fraction of sp³-hybridized carbons (Fsp3) is 0.412. The number of aromatic nitrogens is 2. The summed E-state index contributed by atoms with van der Waals surface area (Å²) in [5, 5.41) is 12.8. The van der Waals surface area contributed by atoms with Gasteiger partial charge in [-0.25, -0.2) is 9.97 Å². The number of hydrogen-bond donors (Lipinski definition) is 2. The smallest absolute Gasteiger partial charge is 0.231 e. The summed E-state index contributed by atoms with van der Waals surface area (Å²) in [6.45, 7) is 1.92. The molecule has 0 saturated carbocycles. The predicted molar refractivity (Wildman–Crippen MR) is 89.4 cm³/mol. The zero-order chi connectivity index (χ0) is 16.4. The van der Waals surface area contributed by atoms with Crippen molar-refractivity contribution >= 4 is 11.6 Å². The summed E-state index contributed by atoms with van der Waals surface area (Å²) in [4.78, 5) is 10.8. The fourth-order valence-electron chi connectivity index (χ4n) is 3.24. The van der Waals surface area contributed by atoms with Gasteiger partial charge < -0.3 is 24.8 Å². The minimum Gasteiger partial charge on any atom is -0.454 e. The summed E-state index contributed by atoms with van der Waals surface area (Å²) in [5.74, 6) is 3.17. The molecule has 1 fully saturated rings. The summed E-state index contributed by atoms with van der Waals surface area (Å²) < 4.78 is 10.9. The van der Waals surface area contributed by atoms with Crippen molar-refractivity contribution in [1.82, 2.24) is 9.97 Å². The Morgan fingerprint density at radius 3 is 3.17 bits per heavy atom. The molecule has 2 aliphatic heterocycles. The van der Waals surface area contributed by atoms with Gasteiger partial charge in [0, 0.05) is 24.7 Å². The van der Waals surface area contributed by atoms with Crippen LogP contribution in [-0.4, -0.2) is 41.1 Å². The molecule has 1 saturated heterocycles. The SMILES string of the molecule is OC[C@H]1CCCN1c1cc(NCc2cccc3c2OCO3)ncn1. The van der Waals surface area contributed by atoms with Crippen LogP contribution in [0.2, 0.25) is 0 Å². The second-order valence-electron chi connectivity index (χ2n) is 5.94. The molecule has 0 bridgehead atoms. The van der Waals surface area contributed by atoms with Crippen molar-refractivity contribution in [3.63, 3.8) is 0 Å². The molecule has 3 heterocycles. The number of para-hydroxylation sites is 1. The standard InChI is InChI=1S/C17H20N4O3/c22-9-13-4-2-6-21(13)16-7-15(19-10-20-16)18-8-12-3-1-5-14-17(12)24-11-23-14/h1,3,5,7,10,13,22H,2,4,6,8-9,11H2,(H,18,19,20)/t13-/m1/s1. The van der Waals surface area contributed by atoms with Crippen LogP contribution in [0.25, 0.3) is 0 Å². The topological polar surface area (TPSA) is 79.7 Å². The van der Waals surface area contributed by atoms with Gasteiger partial charge >= 0.3 is 0 Å². The lowest BCUT2D eigenvalue weighted by molar-refractivity contribution is 0.173. The summed E-state index contributed by atoms with van der Waals surface area (Å²) >= 11 is 0. The molecule has 24 heavy (non-hydrogen) atoms. The van der Waals surface area contributed by atoms with Gasteiger partial charge in [-0.3, -0.25) is 0 Å². The number of ether oxygens (including phenoxy) is 2. The summed E-state index contributed by atoms with van der Waals surface area (Å²) in [5.41, 5.74) is 1.03. The Hall–Kier alpha value is -2.54. The largest absolute Gasteiger partial charge is 0.454 e. The van der Waals surface area contributed by atoms with Crippen molar-refractivity contribution in [3.05, 3.63) is 36.2 Å². The van der Waals surface area contributed by atoms with Gasteiger partial charge in [-0.1, -0.05) is 12.1 Å². The third kappa shape index (κ3) is 2.82. The average molecular weight is 328 g/mol. The van der Waals surface area contributed by atoms with Crippen molar-refractivity contribution in [2.75, 3.05) is 30.2 Å². The fourth-order valence-corrected chi connectivity index (χ4v) is 3.24. The molecule has 0 unspecified atom stereocenters. The Balaban J connectivity index is 1.48. The number of anilines is 2. The molecule has 2 N–H and O–H groups in total. The van der Waals surface area contributed by atoms with E-state index in [1.54, 1.807) is 6.33 Å². The van der Waals surface area contributed by atoms with E-state index < -0.39 is 0 Å². The molecule has 7 heteroatoms. The molecule has 2 aliphatic rings. The highest BCUT2D eigenvalue weighted by Crippen LogP contribution is 2.35. The number of rotatable bonds is 5. The van der Waals surface area contributed by atoms with Gasteiger partial charge in [0.05, 0.1) is 12.6 Å². The number of aliphatic hydroxyl groups is 1. The van der Waals surface area contributed by atoms with Crippen LogP contribution in [0.5, 0.6) is 11.5 Å². The Labute approximate surface area is 140 Å². The average Bonchev–Trinajstić information content (AvgIpc) is 3.29. The Morgan fingerprint density at radius 2 is 2.25 bits per heavy atom. The first-order valence-corrected chi connectivity index (χ1v) is 8.16. The van der Waals surface area contributed by atoms with Crippen LogP contribution in [0, 0.1) is 0 Å². The maximum Gasteiger partial charge on any atom is 0.231 e. The Morgan fingerprint density at radius 1 is 1.29 bits per heavy atom. The molecule has 0 spiro atoms. The van der Waals surface area contributed by atoms with Crippen molar-refractivity contribution < 1.29 is 14.6 Å². The molecule has 0 aliphatic carbocycles. The Kier molecular flexibility index (Phi) is 4.08. The maximum atomic E-state index is 9.48. The van der Waals surface area contributed by atoms with E-state index in [0.29, 0.717) is 6.54 Å². The van der Waals surface area contributed by atoms with Gasteiger partial charge in [0.25, 0.3) is 0 Å². The molecule has 0 amide bonds. The Bertz CT molecular complexity index is 725. The minimum absolute atomic E-state index is 0.149. The van der Waals surface area contributed by atoms with Crippen LogP contribution >= 0.6 is 0 Å². The first-order valence-electron chi connectivity index (χ1n) is 8.16. The van der Waals surface area contributed by atoms with Crippen LogP contribution in [0.15, 0.2) is 30.6 Å². The predicted octanol–water partition coefficient (Wildman–Crippen LogP) is 1.78. The molecule has 2 aromatic rings. The second kappa shape index (κ2) is 6.52. The highest BCUT2D eigenvalue weighted by atomic mass is 16.7. The highest BCUT2D eigenvalue weighted by molar-refractivity contribution is 5.52. The second-order valence-corrected chi connectivity index (χ2v) is 5.94.